The van der Waals surface area contributed by atoms with E-state index >= 15 is 0 Å². The van der Waals surface area contributed by atoms with Crippen molar-refractivity contribution in [2.75, 3.05) is 0 Å². The Balaban J connectivity index is 2.77. The van der Waals surface area contributed by atoms with Crippen LogP contribution in [-0.4, -0.2) is 9.85 Å². The van der Waals surface area contributed by atoms with Gasteiger partial charge in [-0.1, -0.05) is 0 Å². The lowest BCUT2D eigenvalue weighted by atomic mass is 10.1. The number of hydrogen-bond acceptors (Lipinski definition) is 6. The fraction of sp³-hybridized carbons (Fsp3) is 0.250. The van der Waals surface area contributed by atoms with Gasteiger partial charge in [-0.15, -0.1) is 0 Å². The average molecular weight is 580 g/mol. The predicted molar refractivity (Wildman–Crippen MR) is 97.9 cm³/mol. The smallest absolute Gasteiger partial charge is 0.258 e. The van der Waals surface area contributed by atoms with Gasteiger partial charge >= 0.3 is 24.7 Å². The summed E-state index contributed by atoms with van der Waals surface area (Å²) in [4.78, 5) is 16.2. The maximum absolute atomic E-state index is 13.4. The molecule has 0 aliphatic heterocycles. The molecule has 2 rings (SSSR count). The molecule has 0 bridgehead atoms. The minimum Gasteiger partial charge on any atom is -0.258 e. The van der Waals surface area contributed by atoms with Crippen molar-refractivity contribution in [1.82, 2.24) is 0 Å². The van der Waals surface area contributed by atoms with Crippen LogP contribution in [0.3, 0.4) is 0 Å². The SMILES string of the molecule is O=[N+]([O-])c1cc(C(F)(F)F)c(C(F)(F)F)cc1SSc1c([N+](=O)[O-])cc(C(F)(F)F)cc1C(F)(F)F. The maximum atomic E-state index is 13.4. The zero-order chi connectivity index (χ0) is 28.0. The van der Waals surface area contributed by atoms with E-state index in [0.29, 0.717) is 0 Å². The molecular weight excluding hydrogens is 576 g/mol. The monoisotopic (exact) mass is 580 g/mol. The van der Waals surface area contributed by atoms with E-state index in [-0.39, 0.29) is 6.07 Å². The molecule has 0 saturated heterocycles. The molecule has 0 unspecified atom stereocenters. The molecular formula is C16H4F12N2O4S2. The second kappa shape index (κ2) is 9.52. The lowest BCUT2D eigenvalue weighted by molar-refractivity contribution is -0.388. The molecule has 0 radical (unpaired) electrons. The summed E-state index contributed by atoms with van der Waals surface area (Å²) in [6.45, 7) is 0. The third kappa shape index (κ3) is 6.45. The molecule has 0 aliphatic carbocycles. The van der Waals surface area contributed by atoms with Crippen LogP contribution in [0, 0.1) is 20.2 Å². The van der Waals surface area contributed by atoms with Crippen LogP contribution in [0.5, 0.6) is 0 Å². The lowest BCUT2D eigenvalue weighted by Gasteiger charge is -2.17. The topological polar surface area (TPSA) is 86.3 Å². The first kappa shape index (κ1) is 29.3. The molecule has 36 heavy (non-hydrogen) atoms. The molecule has 0 amide bonds. The molecule has 2 aromatic carbocycles. The zero-order valence-electron chi connectivity index (χ0n) is 16.2. The second-order valence-corrected chi connectivity index (χ2v) is 8.59. The summed E-state index contributed by atoms with van der Waals surface area (Å²) < 4.78 is 158. The van der Waals surface area contributed by atoms with Crippen LogP contribution in [0.2, 0.25) is 0 Å². The van der Waals surface area contributed by atoms with Crippen molar-refractivity contribution in [3.8, 4) is 0 Å². The van der Waals surface area contributed by atoms with Gasteiger partial charge in [-0.25, -0.2) is 0 Å². The van der Waals surface area contributed by atoms with Crippen molar-refractivity contribution in [1.29, 1.82) is 0 Å². The summed E-state index contributed by atoms with van der Waals surface area (Å²) in [7, 11) is -0.925. The van der Waals surface area contributed by atoms with Gasteiger partial charge in [-0.3, -0.25) is 20.2 Å². The Morgan fingerprint density at radius 3 is 1.39 bits per heavy atom. The summed E-state index contributed by atoms with van der Waals surface area (Å²) in [5, 5.41) is 22.3. The lowest BCUT2D eigenvalue weighted by Crippen LogP contribution is -2.17. The van der Waals surface area contributed by atoms with Crippen LogP contribution < -0.4 is 0 Å². The number of alkyl halides is 12. The highest BCUT2D eigenvalue weighted by atomic mass is 33.1. The van der Waals surface area contributed by atoms with Gasteiger partial charge in [0, 0.05) is 12.1 Å². The Morgan fingerprint density at radius 1 is 0.556 bits per heavy atom. The number of nitrogens with zero attached hydrogens (tertiary/aromatic N) is 2. The van der Waals surface area contributed by atoms with Crippen molar-refractivity contribution >= 4 is 33.0 Å². The molecule has 0 atom stereocenters. The number of benzene rings is 2. The number of halogens is 12. The first-order chi connectivity index (χ1) is 16.0. The van der Waals surface area contributed by atoms with Gasteiger partial charge in [0.25, 0.3) is 11.4 Å². The van der Waals surface area contributed by atoms with Gasteiger partial charge in [0.2, 0.25) is 0 Å². The van der Waals surface area contributed by atoms with Crippen LogP contribution in [0.4, 0.5) is 64.1 Å². The quantitative estimate of drug-likeness (QED) is 0.153. The van der Waals surface area contributed by atoms with Crippen molar-refractivity contribution in [3.05, 3.63) is 66.7 Å². The molecule has 0 fully saturated rings. The van der Waals surface area contributed by atoms with E-state index in [1.807, 2.05) is 0 Å². The summed E-state index contributed by atoms with van der Waals surface area (Å²) in [5.74, 6) is 0. The standard InChI is InChI=1S/C16H4F12N2O4S2/c17-13(18,19)5-1-8(16(26,27)28)12(10(2-5)30(33)34)36-35-11-4-7(15(23,24)25)6(14(20,21)22)3-9(11)29(31)32/h1-4H. The van der Waals surface area contributed by atoms with E-state index in [1.165, 1.54) is 0 Å². The predicted octanol–water partition coefficient (Wildman–Crippen LogP) is 8.38. The highest BCUT2D eigenvalue weighted by Crippen LogP contribution is 2.53. The summed E-state index contributed by atoms with van der Waals surface area (Å²) in [6.07, 6.45) is -22.7. The molecule has 6 nitrogen and oxygen atoms in total. The van der Waals surface area contributed by atoms with E-state index in [0.717, 1.165) is 0 Å². The Labute approximate surface area is 197 Å². The molecule has 0 N–H and O–H groups in total. The van der Waals surface area contributed by atoms with Gasteiger partial charge in [-0.2, -0.15) is 52.7 Å². The first-order valence-corrected chi connectivity index (χ1v) is 10.5. The third-order valence-electron chi connectivity index (χ3n) is 4.02. The Hall–Kier alpha value is -2.90. The van der Waals surface area contributed by atoms with Gasteiger partial charge in [0.15, 0.2) is 0 Å². The summed E-state index contributed by atoms with van der Waals surface area (Å²) in [6, 6.07) is -1.77. The van der Waals surface area contributed by atoms with Crippen LogP contribution >= 0.6 is 21.6 Å². The number of rotatable bonds is 5. The van der Waals surface area contributed by atoms with E-state index in [1.54, 1.807) is 0 Å². The molecule has 20 heteroatoms. The van der Waals surface area contributed by atoms with Crippen LogP contribution in [0.1, 0.15) is 22.3 Å². The number of nitro benzene ring substituents is 2. The minimum atomic E-state index is -5.75. The van der Waals surface area contributed by atoms with Gasteiger partial charge in [-0.05, 0) is 33.7 Å². The Kier molecular flexibility index (Phi) is 7.76. The molecule has 0 spiro atoms. The summed E-state index contributed by atoms with van der Waals surface area (Å²) >= 11 is 0. The second-order valence-electron chi connectivity index (χ2n) is 6.41. The molecule has 198 valence electrons. The third-order valence-corrected chi connectivity index (χ3v) is 6.49. The number of hydrogen-bond donors (Lipinski definition) is 0. The van der Waals surface area contributed by atoms with Crippen LogP contribution in [0.25, 0.3) is 0 Å². The van der Waals surface area contributed by atoms with Gasteiger partial charge < -0.3 is 0 Å². The van der Waals surface area contributed by atoms with Crippen molar-refractivity contribution < 1.29 is 62.5 Å². The highest BCUT2D eigenvalue weighted by molar-refractivity contribution is 8.76. The normalized spacial score (nSPS) is 13.1. The minimum absolute atomic E-state index is 0.305. The zero-order valence-corrected chi connectivity index (χ0v) is 17.8. The van der Waals surface area contributed by atoms with E-state index in [9.17, 15) is 72.9 Å². The van der Waals surface area contributed by atoms with Gasteiger partial charge in [0.1, 0.15) is 4.90 Å². The first-order valence-electron chi connectivity index (χ1n) is 8.33. The van der Waals surface area contributed by atoms with Crippen LogP contribution in [0.15, 0.2) is 34.1 Å². The summed E-state index contributed by atoms with van der Waals surface area (Å²) in [5.41, 5.74) is -12.8. The largest absolute Gasteiger partial charge is 0.417 e. The molecule has 0 aliphatic rings. The fourth-order valence-corrected chi connectivity index (χ4v) is 5.03. The highest BCUT2D eigenvalue weighted by Gasteiger charge is 2.46. The van der Waals surface area contributed by atoms with Crippen molar-refractivity contribution in [3.63, 3.8) is 0 Å². The van der Waals surface area contributed by atoms with E-state index in [4.69, 9.17) is 0 Å². The average Bonchev–Trinajstić information content (AvgIpc) is 2.67. The molecule has 0 saturated carbocycles. The molecule has 0 heterocycles. The number of nitro groups is 2. The Morgan fingerprint density at radius 2 is 1.00 bits per heavy atom. The van der Waals surface area contributed by atoms with Crippen molar-refractivity contribution in [2.24, 2.45) is 0 Å². The maximum Gasteiger partial charge on any atom is 0.417 e. The van der Waals surface area contributed by atoms with Crippen LogP contribution in [-0.2, 0) is 24.7 Å². The van der Waals surface area contributed by atoms with E-state index in [2.05, 4.69) is 0 Å². The Bertz CT molecular complexity index is 1210. The molecule has 0 aromatic heterocycles. The van der Waals surface area contributed by atoms with Crippen molar-refractivity contribution in [2.45, 2.75) is 34.5 Å². The van der Waals surface area contributed by atoms with E-state index < -0.39 is 118 Å². The molecule has 2 aromatic rings. The fourth-order valence-electron chi connectivity index (χ4n) is 2.54. The van der Waals surface area contributed by atoms with Gasteiger partial charge in [0.05, 0.1) is 37.0 Å².